The summed E-state index contributed by atoms with van der Waals surface area (Å²) >= 11 is 0. The molecule has 0 saturated carbocycles. The molecule has 1 aromatic heterocycles. The Morgan fingerprint density at radius 1 is 0.906 bits per heavy atom. The predicted octanol–water partition coefficient (Wildman–Crippen LogP) is 4.91. The van der Waals surface area contributed by atoms with Crippen molar-refractivity contribution in [1.29, 1.82) is 0 Å². The van der Waals surface area contributed by atoms with Gasteiger partial charge in [0.05, 0.1) is 11.2 Å². The molecule has 1 amide bonds. The topological polar surface area (TPSA) is 103 Å². The van der Waals surface area contributed by atoms with Crippen molar-refractivity contribution in [1.82, 2.24) is 4.98 Å². The highest BCUT2D eigenvalue weighted by atomic mass is 16.5. The first-order chi connectivity index (χ1) is 15.3. The number of rotatable bonds is 6. The van der Waals surface area contributed by atoms with Gasteiger partial charge in [-0.1, -0.05) is 48.5 Å². The summed E-state index contributed by atoms with van der Waals surface area (Å²) in [4.78, 5) is 28.5. The summed E-state index contributed by atoms with van der Waals surface area (Å²) in [5.74, 6) is -1.42. The van der Waals surface area contributed by atoms with Crippen LogP contribution in [0.15, 0.2) is 78.9 Å². The molecular formula is C26H22N2O4. The quantitative estimate of drug-likeness (QED) is 0.456. The van der Waals surface area contributed by atoms with Crippen LogP contribution in [-0.4, -0.2) is 27.6 Å². The van der Waals surface area contributed by atoms with E-state index in [0.717, 1.165) is 22.0 Å². The number of carbonyl (C=O) groups is 2. The van der Waals surface area contributed by atoms with Crippen LogP contribution < -0.4 is 10.5 Å². The Morgan fingerprint density at radius 2 is 1.59 bits per heavy atom. The number of amides is 1. The minimum absolute atomic E-state index is 0.273. The lowest BCUT2D eigenvalue weighted by Gasteiger charge is -2.24. The molecule has 3 N–H and O–H groups in total. The van der Waals surface area contributed by atoms with Crippen molar-refractivity contribution in [3.63, 3.8) is 0 Å². The van der Waals surface area contributed by atoms with Crippen LogP contribution in [0.3, 0.4) is 0 Å². The Morgan fingerprint density at radius 3 is 2.28 bits per heavy atom. The van der Waals surface area contributed by atoms with Gasteiger partial charge in [0.25, 0.3) is 0 Å². The zero-order chi connectivity index (χ0) is 22.9. The third-order valence-corrected chi connectivity index (χ3v) is 5.21. The number of nitrogens with two attached hydrogens (primary N) is 1. The number of primary amides is 1. The first kappa shape index (κ1) is 21.1. The number of para-hydroxylation sites is 1. The van der Waals surface area contributed by atoms with E-state index in [9.17, 15) is 14.7 Å². The number of nitrogens with zero attached hydrogens (tertiary/aromatic N) is 1. The maximum atomic E-state index is 11.9. The van der Waals surface area contributed by atoms with Crippen LogP contribution in [-0.2, 0) is 4.79 Å². The normalized spacial score (nSPS) is 11.3. The minimum atomic E-state index is -1.49. The summed E-state index contributed by atoms with van der Waals surface area (Å²) < 4.78 is 5.89. The lowest BCUT2D eigenvalue weighted by atomic mass is 9.95. The van der Waals surface area contributed by atoms with E-state index in [-0.39, 0.29) is 5.56 Å². The van der Waals surface area contributed by atoms with Gasteiger partial charge in [0.1, 0.15) is 5.75 Å². The predicted molar refractivity (Wildman–Crippen MR) is 123 cm³/mol. The van der Waals surface area contributed by atoms with Crippen molar-refractivity contribution in [2.24, 2.45) is 5.73 Å². The number of aliphatic carboxylic acids is 1. The zero-order valence-electron chi connectivity index (χ0n) is 17.7. The summed E-state index contributed by atoms with van der Waals surface area (Å²) in [6.45, 7) is 2.93. The number of hydrogen-bond acceptors (Lipinski definition) is 4. The van der Waals surface area contributed by atoms with Gasteiger partial charge in [-0.15, -0.1) is 0 Å². The molecule has 4 rings (SSSR count). The number of hydrogen-bond donors (Lipinski definition) is 2. The van der Waals surface area contributed by atoms with Crippen LogP contribution in [0.2, 0.25) is 0 Å². The number of carbonyl (C=O) groups excluding carboxylic acids is 1. The standard InChI is InChI=1S/C26H22N2O4/c1-26(2,25(30)31)32-22-13-12-18(24(27)29)15-20(22)23-19(16-8-4-3-5-9-16)14-17-10-6-7-11-21(17)28-23/h3-15H,1-2H3,(H2,27,29)(H,30,31). The van der Waals surface area contributed by atoms with Gasteiger partial charge >= 0.3 is 5.97 Å². The van der Waals surface area contributed by atoms with Gasteiger partial charge in [-0.2, -0.15) is 0 Å². The smallest absolute Gasteiger partial charge is 0.347 e. The lowest BCUT2D eigenvalue weighted by Crippen LogP contribution is -2.38. The molecule has 0 spiro atoms. The van der Waals surface area contributed by atoms with Gasteiger partial charge in [-0.25, -0.2) is 9.78 Å². The van der Waals surface area contributed by atoms with E-state index in [1.807, 2.05) is 60.7 Å². The van der Waals surface area contributed by atoms with Gasteiger partial charge in [-0.05, 0) is 49.7 Å². The zero-order valence-corrected chi connectivity index (χ0v) is 17.7. The number of aromatic nitrogens is 1. The van der Waals surface area contributed by atoms with Gasteiger partial charge in [-0.3, -0.25) is 4.79 Å². The molecule has 1 heterocycles. The van der Waals surface area contributed by atoms with Crippen LogP contribution in [0, 0.1) is 0 Å². The largest absolute Gasteiger partial charge is 0.478 e. The number of carboxylic acids is 1. The van der Waals surface area contributed by atoms with Gasteiger partial charge in [0.2, 0.25) is 5.91 Å². The lowest BCUT2D eigenvalue weighted by molar-refractivity contribution is -0.152. The number of ether oxygens (including phenoxy) is 1. The molecule has 0 unspecified atom stereocenters. The average Bonchev–Trinajstić information content (AvgIpc) is 2.78. The minimum Gasteiger partial charge on any atom is -0.478 e. The summed E-state index contributed by atoms with van der Waals surface area (Å²) in [6, 6.07) is 24.1. The monoisotopic (exact) mass is 426 g/mol. The van der Waals surface area contributed by atoms with E-state index < -0.39 is 17.5 Å². The highest BCUT2D eigenvalue weighted by molar-refractivity contribution is 5.97. The number of benzene rings is 3. The SMILES string of the molecule is CC(C)(Oc1ccc(C(N)=O)cc1-c1nc2ccccc2cc1-c1ccccc1)C(=O)O. The van der Waals surface area contributed by atoms with Crippen molar-refractivity contribution in [2.45, 2.75) is 19.4 Å². The molecule has 0 atom stereocenters. The summed E-state index contributed by atoms with van der Waals surface area (Å²) in [5.41, 5.74) is 7.87. The molecule has 6 nitrogen and oxygen atoms in total. The highest BCUT2D eigenvalue weighted by Crippen LogP contribution is 2.39. The van der Waals surface area contributed by atoms with Crippen LogP contribution in [0.1, 0.15) is 24.2 Å². The Kier molecular flexibility index (Phi) is 5.36. The van der Waals surface area contributed by atoms with Crippen LogP contribution in [0.4, 0.5) is 0 Å². The maximum absolute atomic E-state index is 11.9. The summed E-state index contributed by atoms with van der Waals surface area (Å²) in [6.07, 6.45) is 0. The van der Waals surface area contributed by atoms with Crippen LogP contribution in [0.25, 0.3) is 33.3 Å². The van der Waals surface area contributed by atoms with E-state index in [4.69, 9.17) is 15.5 Å². The Hall–Kier alpha value is -4.19. The molecule has 6 heteroatoms. The summed E-state index contributed by atoms with van der Waals surface area (Å²) in [5, 5.41) is 10.5. The van der Waals surface area contributed by atoms with Crippen LogP contribution >= 0.6 is 0 Å². The van der Waals surface area contributed by atoms with E-state index in [2.05, 4.69) is 0 Å². The Labute approximate surface area is 185 Å². The van der Waals surface area contributed by atoms with Crippen molar-refractivity contribution in [2.75, 3.05) is 0 Å². The van der Waals surface area contributed by atoms with Crippen LogP contribution in [0.5, 0.6) is 5.75 Å². The molecule has 0 radical (unpaired) electrons. The molecule has 0 saturated heterocycles. The Bertz CT molecular complexity index is 1330. The van der Waals surface area contributed by atoms with E-state index in [1.165, 1.54) is 19.9 Å². The molecule has 0 aliphatic rings. The average molecular weight is 426 g/mol. The fourth-order valence-corrected chi connectivity index (χ4v) is 3.43. The maximum Gasteiger partial charge on any atom is 0.347 e. The fraction of sp³-hybridized carbons (Fsp3) is 0.115. The third kappa shape index (κ3) is 4.03. The fourth-order valence-electron chi connectivity index (χ4n) is 3.43. The van der Waals surface area contributed by atoms with E-state index in [1.54, 1.807) is 12.1 Å². The number of pyridine rings is 1. The first-order valence-corrected chi connectivity index (χ1v) is 10.1. The van der Waals surface area contributed by atoms with Gasteiger partial charge in [0, 0.05) is 22.1 Å². The first-order valence-electron chi connectivity index (χ1n) is 10.1. The second-order valence-corrected chi connectivity index (χ2v) is 7.94. The number of fused-ring (bicyclic) bond motifs is 1. The molecular weight excluding hydrogens is 404 g/mol. The molecule has 0 fully saturated rings. The molecule has 32 heavy (non-hydrogen) atoms. The van der Waals surface area contributed by atoms with Gasteiger partial charge in [0.15, 0.2) is 5.60 Å². The van der Waals surface area contributed by atoms with Gasteiger partial charge < -0.3 is 15.6 Å². The second-order valence-electron chi connectivity index (χ2n) is 7.94. The molecule has 3 aromatic carbocycles. The molecule has 0 bridgehead atoms. The van der Waals surface area contributed by atoms with Crippen molar-refractivity contribution in [3.8, 4) is 28.1 Å². The number of carboxylic acid groups (broad SMARTS) is 1. The summed E-state index contributed by atoms with van der Waals surface area (Å²) in [7, 11) is 0. The molecule has 0 aliphatic carbocycles. The third-order valence-electron chi connectivity index (χ3n) is 5.21. The highest BCUT2D eigenvalue weighted by Gasteiger charge is 2.31. The van der Waals surface area contributed by atoms with Crippen molar-refractivity contribution < 1.29 is 19.4 Å². The Balaban J connectivity index is 2.03. The molecule has 160 valence electrons. The van der Waals surface area contributed by atoms with Crippen molar-refractivity contribution in [3.05, 3.63) is 84.4 Å². The van der Waals surface area contributed by atoms with E-state index in [0.29, 0.717) is 17.0 Å². The van der Waals surface area contributed by atoms with Crippen molar-refractivity contribution >= 4 is 22.8 Å². The second kappa shape index (κ2) is 8.15. The van der Waals surface area contributed by atoms with E-state index >= 15 is 0 Å². The molecule has 4 aromatic rings. The molecule has 0 aliphatic heterocycles.